The topological polar surface area (TPSA) is 55.4 Å². The molecule has 1 unspecified atom stereocenters. The summed E-state index contributed by atoms with van der Waals surface area (Å²) in [4.78, 5) is 24.4. The lowest BCUT2D eigenvalue weighted by molar-refractivity contribution is -0.136. The van der Waals surface area contributed by atoms with Crippen molar-refractivity contribution in [1.29, 1.82) is 0 Å². The van der Waals surface area contributed by atoms with Crippen molar-refractivity contribution in [3.63, 3.8) is 0 Å². The lowest BCUT2D eigenvalue weighted by Gasteiger charge is -2.24. The van der Waals surface area contributed by atoms with Gasteiger partial charge < -0.3 is 10.1 Å². The first kappa shape index (κ1) is 18.9. The Labute approximate surface area is 154 Å². The lowest BCUT2D eigenvalue weighted by Crippen LogP contribution is -2.33. The van der Waals surface area contributed by atoms with Crippen LogP contribution >= 0.6 is 0 Å². The van der Waals surface area contributed by atoms with E-state index in [1.807, 2.05) is 0 Å². The maximum absolute atomic E-state index is 13.3. The standard InChI is InChI=1S/C20H18F3NO3/c1-11(25)12-7-8-16(27-3)13(9-12)10-19(2)14-5-4-6-15(20(21,22)23)17(14)24-18(19)26/h4-9H,10H2,1-3H3,(H,24,26). The predicted molar refractivity (Wildman–Crippen MR) is 94.1 cm³/mol. The lowest BCUT2D eigenvalue weighted by atomic mass is 9.77. The van der Waals surface area contributed by atoms with Gasteiger partial charge in [-0.3, -0.25) is 9.59 Å². The molecular weight excluding hydrogens is 359 g/mol. The summed E-state index contributed by atoms with van der Waals surface area (Å²) in [6.45, 7) is 3.01. The molecule has 0 spiro atoms. The number of hydrogen-bond donors (Lipinski definition) is 1. The highest BCUT2D eigenvalue weighted by atomic mass is 19.4. The Balaban J connectivity index is 2.11. The highest BCUT2D eigenvalue weighted by Gasteiger charge is 2.47. The van der Waals surface area contributed by atoms with Crippen LogP contribution in [0.4, 0.5) is 18.9 Å². The molecule has 1 N–H and O–H groups in total. The molecule has 0 fully saturated rings. The SMILES string of the molecule is COc1ccc(C(C)=O)cc1CC1(C)C(=O)Nc2c(C(F)(F)F)cccc21. The van der Waals surface area contributed by atoms with Crippen molar-refractivity contribution < 1.29 is 27.5 Å². The van der Waals surface area contributed by atoms with E-state index >= 15 is 0 Å². The van der Waals surface area contributed by atoms with Crippen LogP contribution < -0.4 is 10.1 Å². The van der Waals surface area contributed by atoms with E-state index in [4.69, 9.17) is 4.74 Å². The Morgan fingerprint density at radius 3 is 2.52 bits per heavy atom. The number of alkyl halides is 3. The average molecular weight is 377 g/mol. The van der Waals surface area contributed by atoms with Gasteiger partial charge in [0.2, 0.25) is 5.91 Å². The summed E-state index contributed by atoms with van der Waals surface area (Å²) in [6.07, 6.45) is -4.48. The second kappa shape index (κ2) is 6.40. The van der Waals surface area contributed by atoms with E-state index in [2.05, 4.69) is 5.32 Å². The first-order chi connectivity index (χ1) is 12.6. The van der Waals surface area contributed by atoms with Crippen LogP contribution in [0.3, 0.4) is 0 Å². The van der Waals surface area contributed by atoms with Gasteiger partial charge in [0, 0.05) is 5.56 Å². The van der Waals surface area contributed by atoms with Gasteiger partial charge in [0.15, 0.2) is 5.78 Å². The van der Waals surface area contributed by atoms with Crippen molar-refractivity contribution in [2.75, 3.05) is 12.4 Å². The molecule has 0 aliphatic carbocycles. The maximum atomic E-state index is 13.3. The molecule has 1 aliphatic heterocycles. The zero-order valence-corrected chi connectivity index (χ0v) is 15.0. The van der Waals surface area contributed by atoms with Gasteiger partial charge in [0.25, 0.3) is 0 Å². The van der Waals surface area contributed by atoms with E-state index < -0.39 is 23.1 Å². The van der Waals surface area contributed by atoms with Crippen LogP contribution in [0.1, 0.15) is 40.9 Å². The summed E-state index contributed by atoms with van der Waals surface area (Å²) in [7, 11) is 1.46. The van der Waals surface area contributed by atoms with Crippen LogP contribution in [0.5, 0.6) is 5.75 Å². The number of fused-ring (bicyclic) bond motifs is 1. The second-order valence-corrected chi connectivity index (χ2v) is 6.77. The average Bonchev–Trinajstić information content (AvgIpc) is 2.84. The van der Waals surface area contributed by atoms with Gasteiger partial charge in [0.1, 0.15) is 5.75 Å². The number of anilines is 1. The van der Waals surface area contributed by atoms with Crippen molar-refractivity contribution in [2.24, 2.45) is 0 Å². The number of carbonyl (C=O) groups excluding carboxylic acids is 2. The van der Waals surface area contributed by atoms with Gasteiger partial charge in [-0.1, -0.05) is 12.1 Å². The van der Waals surface area contributed by atoms with E-state index in [9.17, 15) is 22.8 Å². The fraction of sp³-hybridized carbons (Fsp3) is 0.300. The molecule has 2 aromatic carbocycles. The van der Waals surface area contributed by atoms with Gasteiger partial charge in [-0.2, -0.15) is 13.2 Å². The number of nitrogens with one attached hydrogen (secondary N) is 1. The molecule has 0 saturated heterocycles. The monoisotopic (exact) mass is 377 g/mol. The number of methoxy groups -OCH3 is 1. The van der Waals surface area contributed by atoms with E-state index in [1.54, 1.807) is 25.1 Å². The Hall–Kier alpha value is -2.83. The molecule has 1 amide bonds. The Bertz CT molecular complexity index is 937. The molecule has 0 radical (unpaired) electrons. The minimum atomic E-state index is -4.57. The molecule has 1 heterocycles. The fourth-order valence-corrected chi connectivity index (χ4v) is 3.45. The highest BCUT2D eigenvalue weighted by Crippen LogP contribution is 2.47. The number of benzene rings is 2. The molecule has 2 aromatic rings. The zero-order chi connectivity index (χ0) is 20.0. The van der Waals surface area contributed by atoms with Gasteiger partial charge in [-0.25, -0.2) is 0 Å². The van der Waals surface area contributed by atoms with E-state index in [-0.39, 0.29) is 23.5 Å². The number of para-hydroxylation sites is 1. The van der Waals surface area contributed by atoms with Crippen LogP contribution in [0.15, 0.2) is 36.4 Å². The second-order valence-electron chi connectivity index (χ2n) is 6.77. The number of halogens is 3. The van der Waals surface area contributed by atoms with E-state index in [0.29, 0.717) is 16.9 Å². The summed E-state index contributed by atoms with van der Waals surface area (Å²) < 4.78 is 45.2. The summed E-state index contributed by atoms with van der Waals surface area (Å²) in [5.74, 6) is -0.210. The number of ether oxygens (including phenoxy) is 1. The third-order valence-corrected chi connectivity index (χ3v) is 4.93. The summed E-state index contributed by atoms with van der Waals surface area (Å²) in [5.41, 5.74) is -1.01. The van der Waals surface area contributed by atoms with Crippen LogP contribution in [0.25, 0.3) is 0 Å². The highest BCUT2D eigenvalue weighted by molar-refractivity contribution is 6.07. The van der Waals surface area contributed by atoms with Gasteiger partial charge in [-0.15, -0.1) is 0 Å². The minimum Gasteiger partial charge on any atom is -0.496 e. The molecule has 1 atom stereocenters. The summed E-state index contributed by atoms with van der Waals surface area (Å²) >= 11 is 0. The van der Waals surface area contributed by atoms with Crippen molar-refractivity contribution in [2.45, 2.75) is 31.9 Å². The molecule has 4 nitrogen and oxygen atoms in total. The molecule has 0 saturated carbocycles. The quantitative estimate of drug-likeness (QED) is 0.805. The molecule has 0 aromatic heterocycles. The molecule has 0 bridgehead atoms. The van der Waals surface area contributed by atoms with Crippen molar-refractivity contribution in [1.82, 2.24) is 0 Å². The first-order valence-electron chi connectivity index (χ1n) is 8.28. The van der Waals surface area contributed by atoms with Crippen LogP contribution in [-0.2, 0) is 22.8 Å². The third-order valence-electron chi connectivity index (χ3n) is 4.93. The predicted octanol–water partition coefficient (Wildman–Crippen LogP) is 4.37. The zero-order valence-electron chi connectivity index (χ0n) is 15.0. The van der Waals surface area contributed by atoms with Gasteiger partial charge in [0.05, 0.1) is 23.8 Å². The van der Waals surface area contributed by atoms with Crippen LogP contribution in [0, 0.1) is 0 Å². The van der Waals surface area contributed by atoms with Gasteiger partial charge >= 0.3 is 6.18 Å². The fourth-order valence-electron chi connectivity index (χ4n) is 3.45. The van der Waals surface area contributed by atoms with E-state index in [0.717, 1.165) is 6.07 Å². The summed E-state index contributed by atoms with van der Waals surface area (Å²) in [6, 6.07) is 8.60. The molecule has 7 heteroatoms. The number of rotatable bonds is 4. The Morgan fingerprint density at radius 2 is 1.93 bits per heavy atom. The smallest absolute Gasteiger partial charge is 0.418 e. The Morgan fingerprint density at radius 1 is 1.22 bits per heavy atom. The molecule has 1 aliphatic rings. The molecule has 3 rings (SSSR count). The maximum Gasteiger partial charge on any atom is 0.418 e. The number of amides is 1. The normalized spacial score (nSPS) is 18.8. The number of hydrogen-bond acceptors (Lipinski definition) is 3. The third kappa shape index (κ3) is 3.18. The van der Waals surface area contributed by atoms with Crippen LogP contribution in [0.2, 0.25) is 0 Å². The largest absolute Gasteiger partial charge is 0.496 e. The van der Waals surface area contributed by atoms with Gasteiger partial charge in [-0.05, 0) is 55.7 Å². The minimum absolute atomic E-state index is 0.0947. The number of carbonyl (C=O) groups is 2. The van der Waals surface area contributed by atoms with E-state index in [1.165, 1.54) is 26.2 Å². The first-order valence-corrected chi connectivity index (χ1v) is 8.28. The van der Waals surface area contributed by atoms with Crippen molar-refractivity contribution in [3.8, 4) is 5.75 Å². The molecule has 142 valence electrons. The number of ketones is 1. The number of Topliss-reactive ketones (excluding diaryl/α,β-unsaturated/α-hetero) is 1. The van der Waals surface area contributed by atoms with Crippen LogP contribution in [-0.4, -0.2) is 18.8 Å². The van der Waals surface area contributed by atoms with Crippen molar-refractivity contribution >= 4 is 17.4 Å². The Kier molecular flexibility index (Phi) is 4.49. The molecular formula is C20H18F3NO3. The van der Waals surface area contributed by atoms with Crippen molar-refractivity contribution in [3.05, 3.63) is 58.7 Å². The summed E-state index contributed by atoms with van der Waals surface area (Å²) in [5, 5.41) is 2.39. The molecule has 27 heavy (non-hydrogen) atoms.